The fourth-order valence-electron chi connectivity index (χ4n) is 7.46. The van der Waals surface area contributed by atoms with Gasteiger partial charge in [-0.1, -0.05) is 98.8 Å². The molecule has 0 unspecified atom stereocenters. The minimum atomic E-state index is 0.0104. The van der Waals surface area contributed by atoms with E-state index in [-0.39, 0.29) is 5.41 Å². The van der Waals surface area contributed by atoms with Crippen LogP contribution in [0.5, 0.6) is 0 Å². The Bertz CT molecular complexity index is 2220. The van der Waals surface area contributed by atoms with Gasteiger partial charge in [-0.15, -0.1) is 11.3 Å². The van der Waals surface area contributed by atoms with Crippen molar-refractivity contribution in [3.63, 3.8) is 0 Å². The standard InChI is InChI=1S/C39H29NS/c1-39(2)32-12-6-3-9-27(32)28-20-17-25(23-33(28)39)24-15-18-26(19-16-24)40-34-13-7-4-11-31(34)37-35(40)22-21-30-29-10-5-8-14-36(29)41-38(30)37/h3-6,8-12,14-23H,7,13H2,1-2H3. The first-order chi connectivity index (χ1) is 20.1. The highest BCUT2D eigenvalue weighted by molar-refractivity contribution is 7.26. The molecule has 7 aromatic rings. The number of fused-ring (bicyclic) bond motifs is 10. The highest BCUT2D eigenvalue weighted by Crippen LogP contribution is 2.49. The average molecular weight is 544 g/mol. The van der Waals surface area contributed by atoms with Gasteiger partial charge in [-0.05, 0) is 76.6 Å². The monoisotopic (exact) mass is 543 g/mol. The SMILES string of the molecule is CC1(C)c2ccccc2-c2ccc(-c3ccc(-n4c5c(c6c7sc8ccccc8c7ccc64)C=CCC5)cc3)cc21. The number of benzene rings is 5. The first-order valence-electron chi connectivity index (χ1n) is 14.6. The van der Waals surface area contributed by atoms with Gasteiger partial charge in [0.15, 0.2) is 0 Å². The lowest BCUT2D eigenvalue weighted by molar-refractivity contribution is 0.660. The summed E-state index contributed by atoms with van der Waals surface area (Å²) >= 11 is 1.93. The molecule has 41 heavy (non-hydrogen) atoms. The number of allylic oxidation sites excluding steroid dienone is 1. The van der Waals surface area contributed by atoms with Crippen LogP contribution in [0.15, 0.2) is 109 Å². The van der Waals surface area contributed by atoms with E-state index < -0.39 is 0 Å². The summed E-state index contributed by atoms with van der Waals surface area (Å²) in [5.74, 6) is 0. The van der Waals surface area contributed by atoms with E-state index in [4.69, 9.17) is 0 Å². The quantitative estimate of drug-likeness (QED) is 0.204. The maximum absolute atomic E-state index is 2.52. The van der Waals surface area contributed by atoms with Crippen LogP contribution >= 0.6 is 11.3 Å². The molecule has 0 bridgehead atoms. The number of rotatable bonds is 2. The normalized spacial score (nSPS) is 15.0. The fraction of sp³-hybridized carbons (Fsp3) is 0.128. The Morgan fingerprint density at radius 2 is 1.49 bits per heavy atom. The number of nitrogens with zero attached hydrogens (tertiary/aromatic N) is 1. The van der Waals surface area contributed by atoms with Crippen LogP contribution < -0.4 is 0 Å². The number of hydrogen-bond acceptors (Lipinski definition) is 1. The third-order valence-electron chi connectivity index (χ3n) is 9.49. The van der Waals surface area contributed by atoms with E-state index in [9.17, 15) is 0 Å². The maximum atomic E-state index is 2.52. The molecule has 5 aromatic carbocycles. The molecule has 0 spiro atoms. The molecular formula is C39H29NS. The highest BCUT2D eigenvalue weighted by atomic mass is 32.1. The summed E-state index contributed by atoms with van der Waals surface area (Å²) in [6.07, 6.45) is 6.86. The van der Waals surface area contributed by atoms with Crippen LogP contribution in [-0.2, 0) is 11.8 Å². The van der Waals surface area contributed by atoms with Gasteiger partial charge in [0.1, 0.15) is 0 Å². The smallest absolute Gasteiger partial charge is 0.0552 e. The Morgan fingerprint density at radius 1 is 0.707 bits per heavy atom. The summed E-state index contributed by atoms with van der Waals surface area (Å²) in [6.45, 7) is 4.71. The Kier molecular flexibility index (Phi) is 4.73. The Labute approximate surface area is 244 Å². The van der Waals surface area contributed by atoms with Crippen molar-refractivity contribution < 1.29 is 0 Å². The van der Waals surface area contributed by atoms with Crippen LogP contribution in [0.25, 0.3) is 65.1 Å². The predicted molar refractivity (Wildman–Crippen MR) is 177 cm³/mol. The molecule has 9 rings (SSSR count). The predicted octanol–water partition coefficient (Wildman–Crippen LogP) is 10.9. The van der Waals surface area contributed by atoms with E-state index in [1.54, 1.807) is 0 Å². The zero-order valence-electron chi connectivity index (χ0n) is 23.2. The van der Waals surface area contributed by atoms with E-state index in [1.165, 1.54) is 81.4 Å². The minimum absolute atomic E-state index is 0.0104. The molecule has 0 N–H and O–H groups in total. The van der Waals surface area contributed by atoms with Crippen molar-refractivity contribution in [1.82, 2.24) is 4.57 Å². The summed E-state index contributed by atoms with van der Waals surface area (Å²) in [6, 6.07) is 38.6. The molecule has 0 saturated carbocycles. The van der Waals surface area contributed by atoms with E-state index in [2.05, 4.69) is 134 Å². The zero-order chi connectivity index (χ0) is 27.3. The van der Waals surface area contributed by atoms with Crippen molar-refractivity contribution >= 4 is 48.5 Å². The van der Waals surface area contributed by atoms with Gasteiger partial charge in [-0.3, -0.25) is 0 Å². The van der Waals surface area contributed by atoms with Gasteiger partial charge in [0, 0.05) is 47.9 Å². The van der Waals surface area contributed by atoms with Crippen molar-refractivity contribution in [2.45, 2.75) is 32.1 Å². The molecular weight excluding hydrogens is 515 g/mol. The van der Waals surface area contributed by atoms with Crippen molar-refractivity contribution in [1.29, 1.82) is 0 Å². The van der Waals surface area contributed by atoms with Crippen LogP contribution in [0.4, 0.5) is 0 Å². The molecule has 2 aliphatic carbocycles. The van der Waals surface area contributed by atoms with Crippen molar-refractivity contribution in [3.8, 4) is 27.9 Å². The molecule has 1 nitrogen and oxygen atoms in total. The second-order valence-corrected chi connectivity index (χ2v) is 13.1. The molecule has 2 aliphatic rings. The average Bonchev–Trinajstić information content (AvgIpc) is 3.63. The molecule has 196 valence electrons. The van der Waals surface area contributed by atoms with Crippen LogP contribution in [0.2, 0.25) is 0 Å². The molecule has 0 atom stereocenters. The van der Waals surface area contributed by atoms with Gasteiger partial charge in [0.25, 0.3) is 0 Å². The Morgan fingerprint density at radius 3 is 2.39 bits per heavy atom. The molecule has 0 saturated heterocycles. The van der Waals surface area contributed by atoms with E-state index in [0.717, 1.165) is 12.8 Å². The fourth-order valence-corrected chi connectivity index (χ4v) is 8.72. The first kappa shape index (κ1) is 23.3. The lowest BCUT2D eigenvalue weighted by Crippen LogP contribution is -2.14. The van der Waals surface area contributed by atoms with Gasteiger partial charge in [-0.25, -0.2) is 0 Å². The molecule has 2 heteroatoms. The lowest BCUT2D eigenvalue weighted by atomic mass is 9.81. The van der Waals surface area contributed by atoms with Gasteiger partial charge in [-0.2, -0.15) is 0 Å². The topological polar surface area (TPSA) is 4.93 Å². The van der Waals surface area contributed by atoms with Crippen LogP contribution in [0.1, 0.15) is 42.7 Å². The molecule has 0 aliphatic heterocycles. The summed E-state index contributed by atoms with van der Waals surface area (Å²) in [5, 5.41) is 4.13. The Balaban J connectivity index is 1.18. The highest BCUT2D eigenvalue weighted by Gasteiger charge is 2.35. The molecule has 2 aromatic heterocycles. The van der Waals surface area contributed by atoms with Gasteiger partial charge < -0.3 is 4.57 Å². The summed E-state index contributed by atoms with van der Waals surface area (Å²) < 4.78 is 5.29. The second-order valence-electron chi connectivity index (χ2n) is 12.0. The minimum Gasteiger partial charge on any atom is -0.313 e. The van der Waals surface area contributed by atoms with E-state index in [1.807, 2.05) is 11.3 Å². The molecule has 0 fully saturated rings. The summed E-state index contributed by atoms with van der Waals surface area (Å²) in [4.78, 5) is 0. The zero-order valence-corrected chi connectivity index (χ0v) is 24.1. The van der Waals surface area contributed by atoms with Crippen molar-refractivity contribution in [2.24, 2.45) is 0 Å². The summed E-state index contributed by atoms with van der Waals surface area (Å²) in [7, 11) is 0. The second kappa shape index (κ2) is 8.31. The largest absolute Gasteiger partial charge is 0.313 e. The Hall–Kier alpha value is -4.40. The van der Waals surface area contributed by atoms with Crippen molar-refractivity contribution in [2.75, 3.05) is 0 Å². The van der Waals surface area contributed by atoms with Gasteiger partial charge in [0.05, 0.1) is 5.52 Å². The molecule has 0 amide bonds. The number of thiophene rings is 1. The number of hydrogen-bond donors (Lipinski definition) is 0. The van der Waals surface area contributed by atoms with Crippen LogP contribution in [0.3, 0.4) is 0 Å². The van der Waals surface area contributed by atoms with E-state index >= 15 is 0 Å². The first-order valence-corrected chi connectivity index (χ1v) is 15.4. The van der Waals surface area contributed by atoms with Crippen LogP contribution in [0, 0.1) is 0 Å². The third kappa shape index (κ3) is 3.17. The third-order valence-corrected chi connectivity index (χ3v) is 10.7. The van der Waals surface area contributed by atoms with Crippen molar-refractivity contribution in [3.05, 3.63) is 132 Å². The number of aromatic nitrogens is 1. The van der Waals surface area contributed by atoms with Gasteiger partial charge in [0.2, 0.25) is 0 Å². The molecule has 2 heterocycles. The lowest BCUT2D eigenvalue weighted by Gasteiger charge is -2.22. The maximum Gasteiger partial charge on any atom is 0.0552 e. The summed E-state index contributed by atoms with van der Waals surface area (Å²) in [5.41, 5.74) is 13.5. The van der Waals surface area contributed by atoms with Gasteiger partial charge >= 0.3 is 0 Å². The van der Waals surface area contributed by atoms with E-state index in [0.29, 0.717) is 0 Å². The van der Waals surface area contributed by atoms with Crippen LogP contribution in [-0.4, -0.2) is 4.57 Å². The molecule has 0 radical (unpaired) electrons.